The molecule has 4 rings (SSSR count). The fourth-order valence-electron chi connectivity index (χ4n) is 4.16. The van der Waals surface area contributed by atoms with Crippen LogP contribution in [0.25, 0.3) is 16.9 Å². The average Bonchev–Trinajstić information content (AvgIpc) is 3.30. The van der Waals surface area contributed by atoms with Crippen molar-refractivity contribution in [2.75, 3.05) is 6.61 Å². The summed E-state index contributed by atoms with van der Waals surface area (Å²) in [5.41, 5.74) is 4.33. The van der Waals surface area contributed by atoms with E-state index in [2.05, 4.69) is 10.3 Å². The van der Waals surface area contributed by atoms with Gasteiger partial charge in [0.2, 0.25) is 0 Å². The maximum absolute atomic E-state index is 12.9. The first-order valence-corrected chi connectivity index (χ1v) is 12.6. The Morgan fingerprint density at radius 1 is 1.13 bits per heavy atom. The lowest BCUT2D eigenvalue weighted by Crippen LogP contribution is -2.37. The normalized spacial score (nSPS) is 11.7. The van der Waals surface area contributed by atoms with Gasteiger partial charge in [-0.15, -0.1) is 0 Å². The number of pyridine rings is 1. The Morgan fingerprint density at radius 2 is 1.87 bits per heavy atom. The number of fused-ring (bicyclic) bond motifs is 1. The highest BCUT2D eigenvalue weighted by atomic mass is 35.5. The maximum atomic E-state index is 12.9. The molecule has 0 aliphatic rings. The number of amides is 1. The van der Waals surface area contributed by atoms with Crippen LogP contribution in [0, 0.1) is 0 Å². The molecule has 1 amide bonds. The Bertz CT molecular complexity index is 1410. The number of nitrogens with one attached hydrogen (secondary N) is 1. The molecule has 0 aliphatic carbocycles. The molecule has 0 saturated carbocycles. The minimum absolute atomic E-state index is 0. The number of carbonyl (C=O) groups is 2. The second-order valence-electron chi connectivity index (χ2n) is 9.23. The number of aliphatic hydroxyl groups excluding tert-OH is 1. The molecule has 4 aromatic rings. The average molecular weight is 536 g/mol. The van der Waals surface area contributed by atoms with Crippen molar-refractivity contribution in [2.45, 2.75) is 53.2 Å². The zero-order chi connectivity index (χ0) is 26.5. The van der Waals surface area contributed by atoms with Gasteiger partial charge in [0.25, 0.3) is 5.91 Å². The SMILES string of the molecule is C.CC(=O)c1cccn2cc(-c3ccc(C[C@@H](CCO)NC(=O)c4ccc(OC(C)C)c(Cl)c4)cc3)nc12. The standard InChI is InChI=1S/C29H30ClN3O4.CH4/c1-18(2)37-27-11-10-22(16-25(27)30)29(36)31-23(12-14-34)15-20-6-8-21(9-7-20)26-17-33-13-4-5-24(19(3)35)28(33)32-26;/h4-11,13,16-18,23,34H,12,14-15H2,1-3H3,(H,31,36);1H4/t23-;/m1./s1. The molecule has 0 spiro atoms. The lowest BCUT2D eigenvalue weighted by atomic mass is 10.0. The number of hydrogen-bond donors (Lipinski definition) is 2. The number of ether oxygens (including phenoxy) is 1. The number of hydrogen-bond acceptors (Lipinski definition) is 5. The minimum atomic E-state index is -0.265. The van der Waals surface area contributed by atoms with Gasteiger partial charge in [-0.1, -0.05) is 43.3 Å². The quantitative estimate of drug-likeness (QED) is 0.243. The number of nitrogens with zero attached hydrogens (tertiary/aromatic N) is 2. The first-order valence-electron chi connectivity index (χ1n) is 12.2. The molecule has 0 unspecified atom stereocenters. The van der Waals surface area contributed by atoms with E-state index in [4.69, 9.17) is 16.3 Å². The number of aliphatic hydroxyl groups is 1. The van der Waals surface area contributed by atoms with Gasteiger partial charge in [0.1, 0.15) is 11.4 Å². The van der Waals surface area contributed by atoms with Crippen LogP contribution in [0.3, 0.4) is 0 Å². The third kappa shape index (κ3) is 6.79. The van der Waals surface area contributed by atoms with Crippen molar-refractivity contribution in [1.29, 1.82) is 0 Å². The number of Topliss-reactive ketones (excluding diaryl/α,β-unsaturated/α-hetero) is 1. The van der Waals surface area contributed by atoms with E-state index in [0.29, 0.717) is 40.4 Å². The molecule has 0 bridgehead atoms. The molecule has 7 nitrogen and oxygen atoms in total. The monoisotopic (exact) mass is 535 g/mol. The second kappa shape index (κ2) is 12.7. The summed E-state index contributed by atoms with van der Waals surface area (Å²) >= 11 is 6.29. The summed E-state index contributed by atoms with van der Waals surface area (Å²) in [6.07, 6.45) is 4.70. The Labute approximate surface area is 228 Å². The van der Waals surface area contributed by atoms with Gasteiger partial charge in [0.15, 0.2) is 5.78 Å². The lowest BCUT2D eigenvalue weighted by Gasteiger charge is -2.19. The van der Waals surface area contributed by atoms with Crippen LogP contribution in [0.5, 0.6) is 5.75 Å². The molecule has 8 heteroatoms. The van der Waals surface area contributed by atoms with Crippen LogP contribution < -0.4 is 10.1 Å². The molecule has 0 aliphatic heterocycles. The van der Waals surface area contributed by atoms with Gasteiger partial charge in [-0.05, 0) is 69.5 Å². The molecular formula is C30H34ClN3O4. The zero-order valence-corrected chi connectivity index (χ0v) is 21.8. The van der Waals surface area contributed by atoms with E-state index in [1.54, 1.807) is 24.3 Å². The largest absolute Gasteiger partial charge is 0.489 e. The highest BCUT2D eigenvalue weighted by Crippen LogP contribution is 2.27. The summed E-state index contributed by atoms with van der Waals surface area (Å²) in [6, 6.07) is 16.2. The molecule has 2 aromatic heterocycles. The number of halogens is 1. The van der Waals surface area contributed by atoms with Crippen molar-refractivity contribution in [1.82, 2.24) is 14.7 Å². The Kier molecular flexibility index (Phi) is 9.66. The van der Waals surface area contributed by atoms with Crippen molar-refractivity contribution in [3.8, 4) is 17.0 Å². The van der Waals surface area contributed by atoms with Crippen LogP contribution in [-0.4, -0.2) is 44.9 Å². The molecule has 0 radical (unpaired) electrons. The van der Waals surface area contributed by atoms with Crippen molar-refractivity contribution in [2.24, 2.45) is 0 Å². The van der Waals surface area contributed by atoms with Crippen molar-refractivity contribution < 1.29 is 19.4 Å². The van der Waals surface area contributed by atoms with Crippen LogP contribution in [0.1, 0.15) is 60.9 Å². The number of rotatable bonds is 10. The second-order valence-corrected chi connectivity index (χ2v) is 9.64. The van der Waals surface area contributed by atoms with E-state index in [1.165, 1.54) is 6.92 Å². The molecule has 2 N–H and O–H groups in total. The summed E-state index contributed by atoms with van der Waals surface area (Å²) < 4.78 is 7.48. The minimum Gasteiger partial charge on any atom is -0.489 e. The first kappa shape index (κ1) is 28.9. The van der Waals surface area contributed by atoms with Crippen LogP contribution >= 0.6 is 11.6 Å². The molecular weight excluding hydrogens is 502 g/mol. The van der Waals surface area contributed by atoms with Crippen LogP contribution in [0.2, 0.25) is 5.02 Å². The molecule has 0 saturated heterocycles. The zero-order valence-electron chi connectivity index (χ0n) is 21.1. The topological polar surface area (TPSA) is 92.9 Å². The Hall–Kier alpha value is -3.68. The predicted molar refractivity (Wildman–Crippen MR) is 151 cm³/mol. The number of imidazole rings is 1. The Balaban J connectivity index is 0.00000400. The molecule has 2 heterocycles. The predicted octanol–water partition coefficient (Wildman–Crippen LogP) is 6.00. The molecule has 0 fully saturated rings. The van der Waals surface area contributed by atoms with Crippen molar-refractivity contribution in [3.63, 3.8) is 0 Å². The maximum Gasteiger partial charge on any atom is 0.251 e. The van der Waals surface area contributed by atoms with Gasteiger partial charge in [0, 0.05) is 36.2 Å². The van der Waals surface area contributed by atoms with E-state index in [-0.39, 0.29) is 37.9 Å². The van der Waals surface area contributed by atoms with Gasteiger partial charge in [-0.25, -0.2) is 4.98 Å². The van der Waals surface area contributed by atoms with Crippen molar-refractivity contribution in [3.05, 3.63) is 88.7 Å². The molecule has 200 valence electrons. The molecule has 2 aromatic carbocycles. The van der Waals surface area contributed by atoms with Crippen LogP contribution in [0.4, 0.5) is 0 Å². The van der Waals surface area contributed by atoms with Crippen LogP contribution in [0.15, 0.2) is 67.0 Å². The van der Waals surface area contributed by atoms with Crippen LogP contribution in [-0.2, 0) is 6.42 Å². The van der Waals surface area contributed by atoms with Gasteiger partial charge in [-0.2, -0.15) is 0 Å². The van der Waals surface area contributed by atoms with Gasteiger partial charge < -0.3 is 19.6 Å². The summed E-state index contributed by atoms with van der Waals surface area (Å²) in [4.78, 5) is 29.5. The highest BCUT2D eigenvalue weighted by Gasteiger charge is 2.17. The summed E-state index contributed by atoms with van der Waals surface area (Å²) in [5, 5.41) is 12.9. The highest BCUT2D eigenvalue weighted by molar-refractivity contribution is 6.32. The van der Waals surface area contributed by atoms with E-state index in [1.807, 2.05) is 61.0 Å². The van der Waals surface area contributed by atoms with E-state index >= 15 is 0 Å². The fraction of sp³-hybridized carbons (Fsp3) is 0.300. The number of ketones is 1. The van der Waals surface area contributed by atoms with Crippen molar-refractivity contribution >= 4 is 28.9 Å². The molecule has 1 atom stereocenters. The Morgan fingerprint density at radius 3 is 2.50 bits per heavy atom. The third-order valence-corrected chi connectivity index (χ3v) is 6.26. The van der Waals surface area contributed by atoms with E-state index < -0.39 is 0 Å². The fourth-order valence-corrected chi connectivity index (χ4v) is 4.39. The number of aromatic nitrogens is 2. The first-order chi connectivity index (χ1) is 17.7. The lowest BCUT2D eigenvalue weighted by molar-refractivity contribution is 0.0929. The molecule has 38 heavy (non-hydrogen) atoms. The van der Waals surface area contributed by atoms with Gasteiger partial charge in [-0.3, -0.25) is 9.59 Å². The summed E-state index contributed by atoms with van der Waals surface area (Å²) in [5.74, 6) is 0.236. The van der Waals surface area contributed by atoms with Gasteiger partial charge in [0.05, 0.1) is 22.4 Å². The number of benzene rings is 2. The van der Waals surface area contributed by atoms with E-state index in [0.717, 1.165) is 16.8 Å². The third-order valence-electron chi connectivity index (χ3n) is 5.96. The summed E-state index contributed by atoms with van der Waals surface area (Å²) in [7, 11) is 0. The smallest absolute Gasteiger partial charge is 0.251 e. The summed E-state index contributed by atoms with van der Waals surface area (Å²) in [6.45, 7) is 5.30. The number of carbonyl (C=O) groups excluding carboxylic acids is 2. The van der Waals surface area contributed by atoms with E-state index in [9.17, 15) is 14.7 Å². The van der Waals surface area contributed by atoms with Gasteiger partial charge >= 0.3 is 0 Å².